The predicted octanol–water partition coefficient (Wildman–Crippen LogP) is 4.32. The van der Waals surface area contributed by atoms with Crippen molar-refractivity contribution in [3.05, 3.63) is 29.3 Å². The van der Waals surface area contributed by atoms with Gasteiger partial charge in [0.2, 0.25) is 0 Å². The summed E-state index contributed by atoms with van der Waals surface area (Å²) < 4.78 is 0. The number of benzene rings is 1. The fourth-order valence-electron chi connectivity index (χ4n) is 3.28. The van der Waals surface area contributed by atoms with Gasteiger partial charge < -0.3 is 10.4 Å². The molecule has 1 fully saturated rings. The Morgan fingerprint density at radius 1 is 1.32 bits per heavy atom. The molecule has 0 bridgehead atoms. The monoisotopic (exact) mass is 261 g/mol. The summed E-state index contributed by atoms with van der Waals surface area (Å²) in [6.45, 7) is 7.59. The molecule has 106 valence electrons. The van der Waals surface area contributed by atoms with Crippen LogP contribution in [0.4, 0.5) is 0 Å². The first-order valence-corrected chi connectivity index (χ1v) is 7.59. The Bertz CT molecular complexity index is 421. The summed E-state index contributed by atoms with van der Waals surface area (Å²) in [5, 5.41) is 13.6. The first-order valence-electron chi connectivity index (χ1n) is 7.59. The van der Waals surface area contributed by atoms with Gasteiger partial charge in [0.25, 0.3) is 0 Å². The predicted molar refractivity (Wildman–Crippen MR) is 80.5 cm³/mol. The van der Waals surface area contributed by atoms with Crippen LogP contribution in [-0.2, 0) is 0 Å². The lowest BCUT2D eigenvalue weighted by molar-refractivity contribution is 0.258. The molecule has 2 N–H and O–H groups in total. The minimum atomic E-state index is 0.212. The summed E-state index contributed by atoms with van der Waals surface area (Å²) >= 11 is 0. The van der Waals surface area contributed by atoms with Gasteiger partial charge in [-0.25, -0.2) is 0 Å². The molecule has 1 saturated carbocycles. The van der Waals surface area contributed by atoms with Crippen LogP contribution in [-0.4, -0.2) is 11.7 Å². The Morgan fingerprint density at radius 2 is 2.00 bits per heavy atom. The largest absolute Gasteiger partial charge is 0.508 e. The van der Waals surface area contributed by atoms with Crippen LogP contribution in [0.25, 0.3) is 0 Å². The second-order valence-electron chi connectivity index (χ2n) is 6.23. The summed E-state index contributed by atoms with van der Waals surface area (Å²) in [5.74, 6) is 0.405. The van der Waals surface area contributed by atoms with Gasteiger partial charge in [-0.1, -0.05) is 37.5 Å². The highest BCUT2D eigenvalue weighted by Crippen LogP contribution is 2.40. The van der Waals surface area contributed by atoms with Crippen LogP contribution >= 0.6 is 0 Å². The third-order valence-corrected chi connectivity index (χ3v) is 4.85. The van der Waals surface area contributed by atoms with Gasteiger partial charge in [0.15, 0.2) is 0 Å². The molecule has 1 unspecified atom stereocenters. The van der Waals surface area contributed by atoms with Crippen LogP contribution in [0.3, 0.4) is 0 Å². The van der Waals surface area contributed by atoms with Crippen molar-refractivity contribution in [2.75, 3.05) is 6.54 Å². The maximum absolute atomic E-state index is 9.98. The van der Waals surface area contributed by atoms with E-state index >= 15 is 0 Å². The van der Waals surface area contributed by atoms with Gasteiger partial charge in [0.05, 0.1) is 0 Å². The Balaban J connectivity index is 2.00. The molecular formula is C17H27NO. The van der Waals surface area contributed by atoms with Crippen LogP contribution < -0.4 is 5.32 Å². The van der Waals surface area contributed by atoms with Gasteiger partial charge in [-0.05, 0) is 44.6 Å². The lowest BCUT2D eigenvalue weighted by Crippen LogP contribution is -2.33. The van der Waals surface area contributed by atoms with E-state index in [-0.39, 0.29) is 6.04 Å². The zero-order valence-corrected chi connectivity index (χ0v) is 12.5. The molecule has 1 aromatic rings. The molecule has 19 heavy (non-hydrogen) atoms. The third-order valence-electron chi connectivity index (χ3n) is 4.85. The SMILES string of the molecule is CCC1(CNC(C)c2cc(C)ccc2O)CCCC1. The van der Waals surface area contributed by atoms with Crippen molar-refractivity contribution < 1.29 is 5.11 Å². The van der Waals surface area contributed by atoms with Crippen molar-refractivity contribution in [3.8, 4) is 5.75 Å². The van der Waals surface area contributed by atoms with Gasteiger partial charge in [0.1, 0.15) is 5.75 Å². The minimum absolute atomic E-state index is 0.212. The molecule has 0 spiro atoms. The van der Waals surface area contributed by atoms with Gasteiger partial charge in [0, 0.05) is 18.2 Å². The van der Waals surface area contributed by atoms with Gasteiger partial charge >= 0.3 is 0 Å². The Hall–Kier alpha value is -1.02. The topological polar surface area (TPSA) is 32.3 Å². The van der Waals surface area contributed by atoms with Crippen LogP contribution in [0.15, 0.2) is 18.2 Å². The van der Waals surface area contributed by atoms with E-state index in [0.29, 0.717) is 11.2 Å². The zero-order chi connectivity index (χ0) is 13.9. The number of aromatic hydroxyl groups is 1. The standard InChI is InChI=1S/C17H27NO/c1-4-17(9-5-6-10-17)12-18-14(3)15-11-13(2)7-8-16(15)19/h7-8,11,14,18-19H,4-6,9-10,12H2,1-3H3. The van der Waals surface area contributed by atoms with E-state index in [1.807, 2.05) is 6.07 Å². The van der Waals surface area contributed by atoms with Crippen molar-refractivity contribution in [2.45, 2.75) is 58.9 Å². The minimum Gasteiger partial charge on any atom is -0.508 e. The number of aryl methyl sites for hydroxylation is 1. The van der Waals surface area contributed by atoms with Gasteiger partial charge in [-0.15, -0.1) is 0 Å². The highest BCUT2D eigenvalue weighted by atomic mass is 16.3. The molecule has 0 amide bonds. The van der Waals surface area contributed by atoms with Crippen molar-refractivity contribution in [1.82, 2.24) is 5.32 Å². The van der Waals surface area contributed by atoms with Crippen molar-refractivity contribution >= 4 is 0 Å². The molecule has 1 aliphatic carbocycles. The van der Waals surface area contributed by atoms with E-state index in [2.05, 4.69) is 32.2 Å². The molecule has 0 aliphatic heterocycles. The Morgan fingerprint density at radius 3 is 2.63 bits per heavy atom. The fraction of sp³-hybridized carbons (Fsp3) is 0.647. The summed E-state index contributed by atoms with van der Waals surface area (Å²) in [4.78, 5) is 0. The average Bonchev–Trinajstić information content (AvgIpc) is 2.88. The van der Waals surface area contributed by atoms with Crippen molar-refractivity contribution in [3.63, 3.8) is 0 Å². The van der Waals surface area contributed by atoms with E-state index in [4.69, 9.17) is 0 Å². The molecule has 0 heterocycles. The number of phenols is 1. The third kappa shape index (κ3) is 3.30. The number of hydrogen-bond donors (Lipinski definition) is 2. The quantitative estimate of drug-likeness (QED) is 0.827. The summed E-state index contributed by atoms with van der Waals surface area (Å²) in [6.07, 6.45) is 6.71. The normalized spacial score (nSPS) is 19.5. The van der Waals surface area contributed by atoms with Crippen LogP contribution in [0.1, 0.15) is 63.1 Å². The summed E-state index contributed by atoms with van der Waals surface area (Å²) in [5.41, 5.74) is 2.71. The van der Waals surface area contributed by atoms with Gasteiger partial charge in [-0.3, -0.25) is 0 Å². The molecular weight excluding hydrogens is 234 g/mol. The van der Waals surface area contributed by atoms with Gasteiger partial charge in [-0.2, -0.15) is 0 Å². The van der Waals surface area contributed by atoms with E-state index < -0.39 is 0 Å². The van der Waals surface area contributed by atoms with Crippen molar-refractivity contribution in [2.24, 2.45) is 5.41 Å². The molecule has 1 aliphatic rings. The van der Waals surface area contributed by atoms with E-state index in [1.54, 1.807) is 6.07 Å². The molecule has 0 saturated heterocycles. The molecule has 1 aromatic carbocycles. The molecule has 0 aromatic heterocycles. The second kappa shape index (κ2) is 5.96. The highest BCUT2D eigenvalue weighted by molar-refractivity contribution is 5.37. The maximum Gasteiger partial charge on any atom is 0.120 e. The Labute approximate surface area is 117 Å². The molecule has 2 nitrogen and oxygen atoms in total. The number of phenolic OH excluding ortho intramolecular Hbond substituents is 1. The lowest BCUT2D eigenvalue weighted by Gasteiger charge is -2.30. The lowest BCUT2D eigenvalue weighted by atomic mass is 9.83. The number of hydrogen-bond acceptors (Lipinski definition) is 2. The summed E-state index contributed by atoms with van der Waals surface area (Å²) in [6, 6.07) is 6.05. The molecule has 2 rings (SSSR count). The first-order chi connectivity index (χ1) is 9.06. The Kier molecular flexibility index (Phi) is 4.51. The average molecular weight is 261 g/mol. The second-order valence-corrected chi connectivity index (χ2v) is 6.23. The molecule has 1 atom stereocenters. The number of nitrogens with one attached hydrogen (secondary N) is 1. The smallest absolute Gasteiger partial charge is 0.120 e. The van der Waals surface area contributed by atoms with Crippen LogP contribution in [0, 0.1) is 12.3 Å². The van der Waals surface area contributed by atoms with Crippen LogP contribution in [0.2, 0.25) is 0 Å². The fourth-order valence-corrected chi connectivity index (χ4v) is 3.28. The van der Waals surface area contributed by atoms with E-state index in [0.717, 1.165) is 12.1 Å². The van der Waals surface area contributed by atoms with E-state index in [1.165, 1.54) is 37.7 Å². The van der Waals surface area contributed by atoms with E-state index in [9.17, 15) is 5.11 Å². The number of rotatable bonds is 5. The highest BCUT2D eigenvalue weighted by Gasteiger charge is 2.32. The molecule has 2 heteroatoms. The first kappa shape index (κ1) is 14.4. The zero-order valence-electron chi connectivity index (χ0n) is 12.5. The van der Waals surface area contributed by atoms with Crippen molar-refractivity contribution in [1.29, 1.82) is 0 Å². The molecule has 0 radical (unpaired) electrons. The maximum atomic E-state index is 9.98. The summed E-state index contributed by atoms with van der Waals surface area (Å²) in [7, 11) is 0. The van der Waals surface area contributed by atoms with Crippen LogP contribution in [0.5, 0.6) is 5.75 Å².